The van der Waals surface area contributed by atoms with Gasteiger partial charge in [0.05, 0.1) is 6.61 Å². The van der Waals surface area contributed by atoms with E-state index in [9.17, 15) is 19.1 Å². The standard InChI is InChI=1S/C17H22FNO4/c1-12-7-8-19(15(10-12)17(21)22)16(20)6-3-9-23-14-5-2-4-13(18)11-14/h2,4-5,11-12,15H,3,6-10H2,1H3,(H,21,22). The van der Waals surface area contributed by atoms with Crippen LogP contribution in [0, 0.1) is 11.7 Å². The molecule has 2 atom stereocenters. The zero-order valence-electron chi connectivity index (χ0n) is 13.2. The number of ether oxygens (including phenoxy) is 1. The number of aliphatic carboxylic acids is 1. The average Bonchev–Trinajstić information content (AvgIpc) is 2.51. The number of hydrogen-bond donors (Lipinski definition) is 1. The highest BCUT2D eigenvalue weighted by atomic mass is 19.1. The summed E-state index contributed by atoms with van der Waals surface area (Å²) in [5, 5.41) is 9.27. The Labute approximate surface area is 135 Å². The highest BCUT2D eigenvalue weighted by Crippen LogP contribution is 2.23. The highest BCUT2D eigenvalue weighted by Gasteiger charge is 2.34. The number of nitrogens with zero attached hydrogens (tertiary/aromatic N) is 1. The summed E-state index contributed by atoms with van der Waals surface area (Å²) < 4.78 is 18.4. The lowest BCUT2D eigenvalue weighted by Crippen LogP contribution is -2.49. The zero-order valence-corrected chi connectivity index (χ0v) is 13.2. The number of carboxylic acids is 1. The van der Waals surface area contributed by atoms with Gasteiger partial charge >= 0.3 is 5.97 Å². The molecule has 1 aromatic rings. The molecule has 2 unspecified atom stereocenters. The molecule has 1 heterocycles. The number of piperidine rings is 1. The molecule has 1 saturated heterocycles. The van der Waals surface area contributed by atoms with E-state index in [-0.39, 0.29) is 24.8 Å². The number of hydrogen-bond acceptors (Lipinski definition) is 3. The molecule has 6 heteroatoms. The van der Waals surface area contributed by atoms with Crippen molar-refractivity contribution in [1.29, 1.82) is 0 Å². The fraction of sp³-hybridized carbons (Fsp3) is 0.529. The van der Waals surface area contributed by atoms with E-state index in [1.54, 1.807) is 12.1 Å². The molecule has 1 aromatic carbocycles. The van der Waals surface area contributed by atoms with Crippen molar-refractivity contribution in [2.75, 3.05) is 13.2 Å². The van der Waals surface area contributed by atoms with E-state index in [2.05, 4.69) is 0 Å². The third kappa shape index (κ3) is 4.94. The lowest BCUT2D eigenvalue weighted by atomic mass is 9.92. The van der Waals surface area contributed by atoms with Crippen LogP contribution in [0.25, 0.3) is 0 Å². The van der Waals surface area contributed by atoms with Gasteiger partial charge in [-0.3, -0.25) is 4.79 Å². The van der Waals surface area contributed by atoms with Gasteiger partial charge in [0.1, 0.15) is 17.6 Å². The SMILES string of the molecule is CC1CCN(C(=O)CCCOc2cccc(F)c2)C(C(=O)O)C1. The van der Waals surface area contributed by atoms with Gasteiger partial charge in [0.25, 0.3) is 0 Å². The molecular weight excluding hydrogens is 301 g/mol. The van der Waals surface area contributed by atoms with Crippen LogP contribution in [0.2, 0.25) is 0 Å². The van der Waals surface area contributed by atoms with Crippen LogP contribution in [0.4, 0.5) is 4.39 Å². The van der Waals surface area contributed by atoms with Crippen molar-refractivity contribution in [3.8, 4) is 5.75 Å². The third-order valence-corrected chi connectivity index (χ3v) is 4.07. The van der Waals surface area contributed by atoms with E-state index < -0.39 is 12.0 Å². The maximum absolute atomic E-state index is 13.0. The fourth-order valence-corrected chi connectivity index (χ4v) is 2.79. The Morgan fingerprint density at radius 1 is 1.43 bits per heavy atom. The molecule has 1 fully saturated rings. The molecule has 0 radical (unpaired) electrons. The van der Waals surface area contributed by atoms with Crippen LogP contribution in [0.3, 0.4) is 0 Å². The van der Waals surface area contributed by atoms with Gasteiger partial charge < -0.3 is 14.7 Å². The fourth-order valence-electron chi connectivity index (χ4n) is 2.79. The number of amides is 1. The van der Waals surface area contributed by atoms with Crippen LogP contribution in [0.5, 0.6) is 5.75 Å². The van der Waals surface area contributed by atoms with Gasteiger partial charge in [0.15, 0.2) is 0 Å². The molecule has 0 aromatic heterocycles. The molecule has 1 amide bonds. The Balaban J connectivity index is 1.78. The first-order valence-electron chi connectivity index (χ1n) is 7.88. The van der Waals surface area contributed by atoms with E-state index >= 15 is 0 Å². The van der Waals surface area contributed by atoms with Gasteiger partial charge in [-0.1, -0.05) is 13.0 Å². The van der Waals surface area contributed by atoms with Crippen molar-refractivity contribution in [3.63, 3.8) is 0 Å². The maximum atomic E-state index is 13.0. The van der Waals surface area contributed by atoms with Crippen LogP contribution < -0.4 is 4.74 Å². The van der Waals surface area contributed by atoms with Gasteiger partial charge in [-0.05, 0) is 37.3 Å². The molecule has 2 rings (SSSR count). The maximum Gasteiger partial charge on any atom is 0.326 e. The Bertz CT molecular complexity index is 563. The molecule has 0 aliphatic carbocycles. The summed E-state index contributed by atoms with van der Waals surface area (Å²) in [7, 11) is 0. The van der Waals surface area contributed by atoms with Gasteiger partial charge in [0, 0.05) is 19.0 Å². The summed E-state index contributed by atoms with van der Waals surface area (Å²) in [6.45, 7) is 2.78. The molecule has 1 N–H and O–H groups in total. The first-order valence-corrected chi connectivity index (χ1v) is 7.88. The molecule has 0 spiro atoms. The molecule has 5 nitrogen and oxygen atoms in total. The number of likely N-dealkylation sites (tertiary alicyclic amines) is 1. The Kier molecular flexibility index (Phi) is 5.96. The summed E-state index contributed by atoms with van der Waals surface area (Å²) in [5.41, 5.74) is 0. The first-order chi connectivity index (χ1) is 11.0. The van der Waals surface area contributed by atoms with Gasteiger partial charge in [0.2, 0.25) is 5.91 Å². The summed E-state index contributed by atoms with van der Waals surface area (Å²) in [4.78, 5) is 25.0. The van der Waals surface area contributed by atoms with Crippen LogP contribution in [-0.2, 0) is 9.59 Å². The van der Waals surface area contributed by atoms with E-state index in [4.69, 9.17) is 4.74 Å². The third-order valence-electron chi connectivity index (χ3n) is 4.07. The molecule has 0 bridgehead atoms. The largest absolute Gasteiger partial charge is 0.493 e. The minimum Gasteiger partial charge on any atom is -0.493 e. The minimum absolute atomic E-state index is 0.160. The van der Waals surface area contributed by atoms with Crippen LogP contribution in [0.15, 0.2) is 24.3 Å². The van der Waals surface area contributed by atoms with Crippen molar-refractivity contribution < 1.29 is 23.8 Å². The number of benzene rings is 1. The van der Waals surface area contributed by atoms with Crippen molar-refractivity contribution in [2.24, 2.45) is 5.92 Å². The van der Waals surface area contributed by atoms with Gasteiger partial charge in [-0.15, -0.1) is 0 Å². The molecule has 1 aliphatic heterocycles. The summed E-state index contributed by atoms with van der Waals surface area (Å²) in [5.74, 6) is -0.734. The second kappa shape index (κ2) is 7.94. The number of carbonyl (C=O) groups is 2. The Morgan fingerprint density at radius 2 is 2.22 bits per heavy atom. The predicted octanol–water partition coefficient (Wildman–Crippen LogP) is 2.70. The molecular formula is C17H22FNO4. The summed E-state index contributed by atoms with van der Waals surface area (Å²) in [6.07, 6.45) is 2.03. The molecule has 23 heavy (non-hydrogen) atoms. The lowest BCUT2D eigenvalue weighted by Gasteiger charge is -2.36. The molecule has 126 valence electrons. The summed E-state index contributed by atoms with van der Waals surface area (Å²) in [6, 6.07) is 5.10. The monoisotopic (exact) mass is 323 g/mol. The van der Waals surface area contributed by atoms with Gasteiger partial charge in [-0.2, -0.15) is 0 Å². The molecule has 0 saturated carbocycles. The topological polar surface area (TPSA) is 66.8 Å². The predicted molar refractivity (Wildman–Crippen MR) is 82.7 cm³/mol. The smallest absolute Gasteiger partial charge is 0.326 e. The zero-order chi connectivity index (χ0) is 16.8. The van der Waals surface area contributed by atoms with Gasteiger partial charge in [-0.25, -0.2) is 9.18 Å². The van der Waals surface area contributed by atoms with Crippen molar-refractivity contribution >= 4 is 11.9 Å². The lowest BCUT2D eigenvalue weighted by molar-refractivity contribution is -0.153. The number of carbonyl (C=O) groups excluding carboxylic acids is 1. The number of carboxylic acid groups (broad SMARTS) is 1. The quantitative estimate of drug-likeness (QED) is 0.817. The van der Waals surface area contributed by atoms with Crippen molar-refractivity contribution in [2.45, 2.75) is 38.6 Å². The average molecular weight is 323 g/mol. The number of rotatable bonds is 6. The molecule has 1 aliphatic rings. The van der Waals surface area contributed by atoms with Crippen molar-refractivity contribution in [3.05, 3.63) is 30.1 Å². The highest BCUT2D eigenvalue weighted by molar-refractivity contribution is 5.83. The Morgan fingerprint density at radius 3 is 2.91 bits per heavy atom. The van der Waals surface area contributed by atoms with E-state index in [1.165, 1.54) is 17.0 Å². The second-order valence-corrected chi connectivity index (χ2v) is 5.98. The Hall–Kier alpha value is -2.11. The number of halogens is 1. The van der Waals surface area contributed by atoms with E-state index in [0.717, 1.165) is 6.42 Å². The summed E-state index contributed by atoms with van der Waals surface area (Å²) >= 11 is 0. The first kappa shape index (κ1) is 17.2. The normalized spacial score (nSPS) is 21.0. The van der Waals surface area contributed by atoms with Crippen molar-refractivity contribution in [1.82, 2.24) is 4.90 Å². The van der Waals surface area contributed by atoms with E-state index in [1.807, 2.05) is 6.92 Å². The van der Waals surface area contributed by atoms with E-state index in [0.29, 0.717) is 31.1 Å². The van der Waals surface area contributed by atoms with Crippen LogP contribution in [0.1, 0.15) is 32.6 Å². The minimum atomic E-state index is -0.944. The second-order valence-electron chi connectivity index (χ2n) is 5.98. The van der Waals surface area contributed by atoms with Crippen LogP contribution in [-0.4, -0.2) is 41.1 Å². The van der Waals surface area contributed by atoms with Crippen LogP contribution >= 0.6 is 0 Å².